The summed E-state index contributed by atoms with van der Waals surface area (Å²) >= 11 is 5.50. The normalized spacial score (nSPS) is 19.3. The van der Waals surface area contributed by atoms with E-state index in [-0.39, 0.29) is 6.04 Å². The van der Waals surface area contributed by atoms with Crippen molar-refractivity contribution in [2.45, 2.75) is 31.4 Å². The van der Waals surface area contributed by atoms with Crippen LogP contribution in [0, 0.1) is 5.92 Å². The third kappa shape index (κ3) is 4.20. The highest BCUT2D eigenvalue weighted by Gasteiger charge is 2.31. The second kappa shape index (κ2) is 6.10. The number of halogens is 1. The summed E-state index contributed by atoms with van der Waals surface area (Å²) in [5, 5.41) is 12.2. The Balaban J connectivity index is 2.35. The Hall–Kier alpha value is -0.580. The fraction of sp³-hybridized carbons (Fsp3) is 0.700. The summed E-state index contributed by atoms with van der Waals surface area (Å²) in [5.41, 5.74) is 0. The maximum absolute atomic E-state index is 11.4. The number of aliphatic hydroxyl groups excluding tert-OH is 1. The molecule has 3 N–H and O–H groups in total. The van der Waals surface area contributed by atoms with Crippen LogP contribution in [0.5, 0.6) is 0 Å². The molecule has 0 aliphatic heterocycles. The third-order valence-electron chi connectivity index (χ3n) is 2.49. The van der Waals surface area contributed by atoms with Crippen LogP contribution < -0.4 is 10.2 Å². The van der Waals surface area contributed by atoms with Gasteiger partial charge in [0.25, 0.3) is 5.91 Å². The SMILES string of the molecule is C=CCNC(=O)C(O)[C@H](CC1CC1)NCl. The lowest BCUT2D eigenvalue weighted by Gasteiger charge is -2.20. The van der Waals surface area contributed by atoms with Gasteiger partial charge >= 0.3 is 0 Å². The molecule has 2 atom stereocenters. The first-order valence-corrected chi connectivity index (χ1v) is 5.49. The van der Waals surface area contributed by atoms with Gasteiger partial charge in [-0.3, -0.25) is 4.79 Å². The van der Waals surface area contributed by atoms with E-state index in [1.807, 2.05) is 0 Å². The molecule has 1 aliphatic carbocycles. The van der Waals surface area contributed by atoms with Crippen LogP contribution in [-0.2, 0) is 4.79 Å². The smallest absolute Gasteiger partial charge is 0.250 e. The van der Waals surface area contributed by atoms with Gasteiger partial charge in [0.2, 0.25) is 0 Å². The van der Waals surface area contributed by atoms with Crippen LogP contribution >= 0.6 is 11.8 Å². The Bertz CT molecular complexity index is 231. The maximum Gasteiger partial charge on any atom is 0.250 e. The lowest BCUT2D eigenvalue weighted by Crippen LogP contribution is -2.46. The zero-order valence-electron chi connectivity index (χ0n) is 8.58. The number of amides is 1. The highest BCUT2D eigenvalue weighted by molar-refractivity contribution is 6.13. The first kappa shape index (κ1) is 12.5. The zero-order valence-corrected chi connectivity index (χ0v) is 9.33. The predicted octanol–water partition coefficient (Wildman–Crippen LogP) is 0.562. The van der Waals surface area contributed by atoms with Crippen molar-refractivity contribution in [2.24, 2.45) is 5.92 Å². The summed E-state index contributed by atoms with van der Waals surface area (Å²) in [5.74, 6) is 0.191. The van der Waals surface area contributed by atoms with E-state index in [0.29, 0.717) is 12.5 Å². The predicted molar refractivity (Wildman–Crippen MR) is 59.3 cm³/mol. The summed E-state index contributed by atoms with van der Waals surface area (Å²) in [4.78, 5) is 13.9. The van der Waals surface area contributed by atoms with Crippen LogP contribution in [0.1, 0.15) is 19.3 Å². The van der Waals surface area contributed by atoms with Gasteiger partial charge in [-0.2, -0.15) is 0 Å². The van der Waals surface area contributed by atoms with E-state index in [2.05, 4.69) is 16.7 Å². The molecule has 1 aliphatic rings. The maximum atomic E-state index is 11.4. The molecule has 1 rings (SSSR count). The second-order valence-electron chi connectivity index (χ2n) is 3.87. The Kier molecular flexibility index (Phi) is 5.08. The van der Waals surface area contributed by atoms with Gasteiger partial charge in [-0.25, -0.2) is 4.84 Å². The van der Waals surface area contributed by atoms with E-state index in [1.165, 1.54) is 0 Å². The molecule has 0 radical (unpaired) electrons. The highest BCUT2D eigenvalue weighted by atomic mass is 35.5. The summed E-state index contributed by atoms with van der Waals surface area (Å²) in [6.45, 7) is 3.83. The van der Waals surface area contributed by atoms with Gasteiger partial charge in [0.1, 0.15) is 6.10 Å². The van der Waals surface area contributed by atoms with Crippen molar-refractivity contribution < 1.29 is 9.90 Å². The molecule has 0 heterocycles. The molecule has 0 aromatic carbocycles. The molecule has 1 amide bonds. The first-order chi connectivity index (χ1) is 7.19. The number of carbonyl (C=O) groups is 1. The standard InChI is InChI=1S/C10H17ClN2O2/c1-2-5-12-10(15)9(14)8(13-11)6-7-3-4-7/h2,7-9,13-14H,1,3-6H2,(H,12,15)/t8-,9?/m0/s1. The molecule has 4 nitrogen and oxygen atoms in total. The summed E-state index contributed by atoms with van der Waals surface area (Å²) in [7, 11) is 0. The van der Waals surface area contributed by atoms with Crippen LogP contribution in [0.2, 0.25) is 0 Å². The molecule has 1 fully saturated rings. The van der Waals surface area contributed by atoms with Crippen molar-refractivity contribution in [3.8, 4) is 0 Å². The van der Waals surface area contributed by atoms with E-state index < -0.39 is 12.0 Å². The van der Waals surface area contributed by atoms with Crippen LogP contribution in [0.3, 0.4) is 0 Å². The van der Waals surface area contributed by atoms with Gasteiger partial charge in [0.05, 0.1) is 6.04 Å². The van der Waals surface area contributed by atoms with Crippen molar-refractivity contribution in [1.82, 2.24) is 10.2 Å². The van der Waals surface area contributed by atoms with E-state index in [0.717, 1.165) is 19.3 Å². The molecule has 0 aromatic heterocycles. The molecule has 0 bridgehead atoms. The fourth-order valence-corrected chi connectivity index (χ4v) is 1.61. The topological polar surface area (TPSA) is 61.4 Å². The zero-order chi connectivity index (χ0) is 11.3. The highest BCUT2D eigenvalue weighted by Crippen LogP contribution is 2.34. The molecule has 5 heteroatoms. The van der Waals surface area contributed by atoms with Gasteiger partial charge in [0, 0.05) is 6.54 Å². The molecule has 1 saturated carbocycles. The molecular weight excluding hydrogens is 216 g/mol. The van der Waals surface area contributed by atoms with Gasteiger partial charge < -0.3 is 10.4 Å². The average molecular weight is 233 g/mol. The van der Waals surface area contributed by atoms with E-state index in [1.54, 1.807) is 6.08 Å². The van der Waals surface area contributed by atoms with Crippen molar-refractivity contribution >= 4 is 17.7 Å². The van der Waals surface area contributed by atoms with Crippen molar-refractivity contribution in [3.63, 3.8) is 0 Å². The molecule has 0 saturated heterocycles. The largest absolute Gasteiger partial charge is 0.382 e. The van der Waals surface area contributed by atoms with Crippen LogP contribution in [0.4, 0.5) is 0 Å². The van der Waals surface area contributed by atoms with E-state index in [4.69, 9.17) is 11.8 Å². The third-order valence-corrected chi connectivity index (χ3v) is 2.78. The fourth-order valence-electron chi connectivity index (χ4n) is 1.41. The monoisotopic (exact) mass is 232 g/mol. The molecule has 0 spiro atoms. The summed E-state index contributed by atoms with van der Waals surface area (Å²) in [6, 6.07) is -0.371. The Morgan fingerprint density at radius 1 is 1.67 bits per heavy atom. The van der Waals surface area contributed by atoms with E-state index in [9.17, 15) is 9.90 Å². The molecule has 0 aromatic rings. The number of carbonyl (C=O) groups excluding carboxylic acids is 1. The minimum atomic E-state index is -1.09. The van der Waals surface area contributed by atoms with Gasteiger partial charge in [-0.1, -0.05) is 18.9 Å². The average Bonchev–Trinajstić information content (AvgIpc) is 3.05. The molecule has 86 valence electrons. The minimum Gasteiger partial charge on any atom is -0.382 e. The molecular formula is C10H17ClN2O2. The van der Waals surface area contributed by atoms with Crippen molar-refractivity contribution in [1.29, 1.82) is 0 Å². The van der Waals surface area contributed by atoms with Crippen molar-refractivity contribution in [3.05, 3.63) is 12.7 Å². The van der Waals surface area contributed by atoms with Gasteiger partial charge in [-0.15, -0.1) is 6.58 Å². The number of rotatable bonds is 7. The van der Waals surface area contributed by atoms with Crippen LogP contribution in [0.15, 0.2) is 12.7 Å². The molecule has 1 unspecified atom stereocenters. The Labute approximate surface area is 94.8 Å². The number of aliphatic hydroxyl groups is 1. The second-order valence-corrected chi connectivity index (χ2v) is 4.09. The van der Waals surface area contributed by atoms with Crippen LogP contribution in [0.25, 0.3) is 0 Å². The summed E-state index contributed by atoms with van der Waals surface area (Å²) in [6.07, 6.45) is 3.54. The first-order valence-electron chi connectivity index (χ1n) is 5.12. The van der Waals surface area contributed by atoms with Crippen LogP contribution in [-0.4, -0.2) is 29.7 Å². The lowest BCUT2D eigenvalue weighted by molar-refractivity contribution is -0.130. The number of hydrogen-bond acceptors (Lipinski definition) is 3. The van der Waals surface area contributed by atoms with Crippen molar-refractivity contribution in [2.75, 3.05) is 6.54 Å². The minimum absolute atomic E-state index is 0.355. The Morgan fingerprint density at radius 2 is 2.33 bits per heavy atom. The van der Waals surface area contributed by atoms with Gasteiger partial charge in [0.15, 0.2) is 0 Å². The van der Waals surface area contributed by atoms with E-state index >= 15 is 0 Å². The Morgan fingerprint density at radius 3 is 2.80 bits per heavy atom. The summed E-state index contributed by atoms with van der Waals surface area (Å²) < 4.78 is 0. The number of hydrogen-bond donors (Lipinski definition) is 3. The molecule has 15 heavy (non-hydrogen) atoms. The number of nitrogens with one attached hydrogen (secondary N) is 2. The van der Waals surface area contributed by atoms with Gasteiger partial charge in [-0.05, 0) is 24.1 Å². The quantitative estimate of drug-likeness (QED) is 0.444. The lowest BCUT2D eigenvalue weighted by atomic mass is 10.0.